The van der Waals surface area contributed by atoms with Gasteiger partial charge in [-0.25, -0.2) is 4.57 Å². The van der Waals surface area contributed by atoms with E-state index in [1.165, 1.54) is 0 Å². The van der Waals surface area contributed by atoms with Gasteiger partial charge in [-0.1, -0.05) is 0 Å². The number of hydrogen-bond acceptors (Lipinski definition) is 3. The van der Waals surface area contributed by atoms with E-state index in [1.54, 1.807) is 0 Å². The fourth-order valence-corrected chi connectivity index (χ4v) is 0. The van der Waals surface area contributed by atoms with Crippen molar-refractivity contribution in [1.82, 2.24) is 12.3 Å². The largest absolute Gasteiger partial charge is 0.466 e. The second kappa shape index (κ2) is 106. The summed E-state index contributed by atoms with van der Waals surface area (Å²) in [4.78, 5) is 21.6. The van der Waals surface area contributed by atoms with Crippen LogP contribution in [0.1, 0.15) is 0 Å². The minimum absolute atomic E-state index is 0. The lowest BCUT2D eigenvalue weighted by Gasteiger charge is -1.82. The van der Waals surface area contributed by atoms with E-state index in [-0.39, 0.29) is 67.1 Å². The maximum Gasteiger partial charge on any atom is 0.466 e. The Morgan fingerprint density at radius 2 is 0.471 bits per heavy atom. The SMILES string of the molecule is N.N.O.O.O.O.O.O.O.O.O.O.O=P(O)(O)O. The van der Waals surface area contributed by atoms with Crippen LogP contribution in [-0.2, 0) is 4.57 Å². The highest BCUT2D eigenvalue weighted by Crippen LogP contribution is 2.25. The van der Waals surface area contributed by atoms with E-state index < -0.39 is 7.82 Å². The van der Waals surface area contributed by atoms with E-state index in [9.17, 15) is 0 Å². The van der Waals surface area contributed by atoms with Gasteiger partial charge >= 0.3 is 7.82 Å². The van der Waals surface area contributed by atoms with Gasteiger partial charge in [0.2, 0.25) is 0 Å². The molecule has 0 saturated heterocycles. The van der Waals surface area contributed by atoms with Crippen molar-refractivity contribution in [3.05, 3.63) is 0 Å². The first-order chi connectivity index (χ1) is 2.00. The zero-order chi connectivity index (χ0) is 4.50. The van der Waals surface area contributed by atoms with E-state index in [4.69, 9.17) is 19.2 Å². The summed E-state index contributed by atoms with van der Waals surface area (Å²) in [5.41, 5.74) is 0. The Bertz CT molecular complexity index is 60.4. The molecule has 0 radical (unpaired) electrons. The van der Waals surface area contributed by atoms with Crippen molar-refractivity contribution in [2.45, 2.75) is 0 Å². The van der Waals surface area contributed by atoms with Gasteiger partial charge in [0.25, 0.3) is 0 Å². The van der Waals surface area contributed by atoms with E-state index in [0.29, 0.717) is 0 Å². The molecular formula is H29N2O14P. The van der Waals surface area contributed by atoms with Crippen molar-refractivity contribution in [1.29, 1.82) is 0 Å². The number of hydrogen-bond donors (Lipinski definition) is 5. The van der Waals surface area contributed by atoms with Crippen LogP contribution in [0.25, 0.3) is 0 Å². The molecule has 128 valence electrons. The predicted molar refractivity (Wildman–Crippen MR) is 60.4 cm³/mol. The van der Waals surface area contributed by atoms with Gasteiger partial charge in [0.15, 0.2) is 0 Å². The molecule has 0 rings (SSSR count). The first kappa shape index (κ1) is 308. The second-order valence-electron chi connectivity index (χ2n) is 0.513. The molecule has 0 spiro atoms. The van der Waals surface area contributed by atoms with Crippen molar-refractivity contribution in [2.24, 2.45) is 0 Å². The molecule has 0 aromatic carbocycles. The fraction of sp³-hybridized carbons (Fsp3) is 0. The molecule has 0 aromatic heterocycles. The van der Waals surface area contributed by atoms with Crippen LogP contribution in [0.4, 0.5) is 0 Å². The Balaban J connectivity index is -0.00000000121. The first-order valence-electron chi connectivity index (χ1n) is 0.783. The number of phosphoric acid groups is 1. The molecule has 0 aliphatic rings. The highest BCUT2D eigenvalue weighted by Gasteiger charge is 2.00. The second-order valence-corrected chi connectivity index (χ2v) is 1.54. The smallest absolute Gasteiger partial charge is 0.412 e. The van der Waals surface area contributed by atoms with E-state index in [0.717, 1.165) is 0 Å². The Morgan fingerprint density at radius 3 is 0.471 bits per heavy atom. The molecule has 17 heavy (non-hydrogen) atoms. The summed E-state index contributed by atoms with van der Waals surface area (Å²) in [7, 11) is -4.64. The summed E-state index contributed by atoms with van der Waals surface area (Å²) in [6, 6.07) is 0. The van der Waals surface area contributed by atoms with Gasteiger partial charge in [0.05, 0.1) is 0 Å². The maximum absolute atomic E-state index is 8.88. The average Bonchev–Trinajstić information content (AvgIpc) is 0.722. The summed E-state index contributed by atoms with van der Waals surface area (Å²) in [6.07, 6.45) is 0. The molecule has 0 atom stereocenters. The molecule has 0 bridgehead atoms. The van der Waals surface area contributed by atoms with Crippen LogP contribution in [0.5, 0.6) is 0 Å². The zero-order valence-electron chi connectivity index (χ0n) is 8.61. The third-order valence-electron chi connectivity index (χ3n) is 0. The highest BCUT2D eigenvalue weighted by atomic mass is 31.2. The Kier molecular flexibility index (Phi) is 1910. The number of rotatable bonds is 0. The van der Waals surface area contributed by atoms with Gasteiger partial charge in [-0.15, -0.1) is 0 Å². The predicted octanol–water partition coefficient (Wildman–Crippen LogP) is -8.85. The monoisotopic (exact) mass is 312 g/mol. The lowest BCUT2D eigenvalue weighted by molar-refractivity contribution is 0.275. The normalized spacial score (nSPS) is 3.47. The van der Waals surface area contributed by atoms with Gasteiger partial charge in [0.1, 0.15) is 0 Å². The van der Waals surface area contributed by atoms with E-state index >= 15 is 0 Å². The standard InChI is InChI=1S/2H3N.H3O4P.10H2O/c;;1-5(2,3)4;;;;;;;;;;/h2*1H3;(H3,1,2,3,4);10*1H2. The summed E-state index contributed by atoms with van der Waals surface area (Å²) in [5.74, 6) is 0. The summed E-state index contributed by atoms with van der Waals surface area (Å²) < 4.78 is 8.88. The Hall–Kier alpha value is -0.370. The summed E-state index contributed by atoms with van der Waals surface area (Å²) in [6.45, 7) is 0. The van der Waals surface area contributed by atoms with Crippen molar-refractivity contribution >= 4 is 7.82 Å². The molecule has 0 fully saturated rings. The van der Waals surface area contributed by atoms with Gasteiger partial charge in [-0.3, -0.25) is 0 Å². The Labute approximate surface area is 95.4 Å². The molecule has 0 unspecified atom stereocenters. The topological polar surface area (TPSA) is 463 Å². The first-order valence-corrected chi connectivity index (χ1v) is 2.35. The third-order valence-corrected chi connectivity index (χ3v) is 0. The molecular weight excluding hydrogens is 283 g/mol. The van der Waals surface area contributed by atoms with Crippen molar-refractivity contribution in [3.8, 4) is 0 Å². The van der Waals surface area contributed by atoms with Gasteiger partial charge in [-0.2, -0.15) is 0 Å². The zero-order valence-corrected chi connectivity index (χ0v) is 9.51. The van der Waals surface area contributed by atoms with Crippen LogP contribution in [-0.4, -0.2) is 69.4 Å². The molecule has 0 aromatic rings. The third kappa shape index (κ3) is 21200. The van der Waals surface area contributed by atoms with Crippen LogP contribution in [0, 0.1) is 0 Å². The fourth-order valence-electron chi connectivity index (χ4n) is 0. The maximum atomic E-state index is 8.88. The van der Waals surface area contributed by atoms with Crippen LogP contribution in [0.3, 0.4) is 0 Å². The summed E-state index contributed by atoms with van der Waals surface area (Å²) >= 11 is 0. The van der Waals surface area contributed by atoms with E-state index in [2.05, 4.69) is 0 Å². The van der Waals surface area contributed by atoms with Crippen LogP contribution < -0.4 is 12.3 Å². The lowest BCUT2D eigenvalue weighted by Crippen LogP contribution is -1.66. The lowest BCUT2D eigenvalue weighted by atomic mass is 14.0. The van der Waals surface area contributed by atoms with Gasteiger partial charge < -0.3 is 81.7 Å². The van der Waals surface area contributed by atoms with Gasteiger partial charge in [-0.05, 0) is 0 Å². The Morgan fingerprint density at radius 1 is 0.471 bits per heavy atom. The molecule has 0 saturated carbocycles. The van der Waals surface area contributed by atoms with Crippen molar-refractivity contribution in [3.63, 3.8) is 0 Å². The van der Waals surface area contributed by atoms with Gasteiger partial charge in [0, 0.05) is 0 Å². The molecule has 17 heteroatoms. The highest BCUT2D eigenvalue weighted by molar-refractivity contribution is 7.45. The molecule has 16 nitrogen and oxygen atoms in total. The van der Waals surface area contributed by atoms with Crippen LogP contribution in [0.2, 0.25) is 0 Å². The molecule has 0 aliphatic carbocycles. The molecule has 0 heterocycles. The molecule has 0 aliphatic heterocycles. The minimum Gasteiger partial charge on any atom is -0.412 e. The molecule has 29 N–H and O–H groups in total. The van der Waals surface area contributed by atoms with Crippen LogP contribution >= 0.6 is 7.82 Å². The minimum atomic E-state index is -4.64. The average molecular weight is 312 g/mol. The summed E-state index contributed by atoms with van der Waals surface area (Å²) in [5, 5.41) is 0. The van der Waals surface area contributed by atoms with E-state index in [1.807, 2.05) is 0 Å². The molecule has 0 amide bonds. The quantitative estimate of drug-likeness (QED) is 0.270. The van der Waals surface area contributed by atoms with Crippen LogP contribution in [0.15, 0.2) is 0 Å². The van der Waals surface area contributed by atoms with Crippen molar-refractivity contribution < 1.29 is 74.0 Å². The van der Waals surface area contributed by atoms with Crippen molar-refractivity contribution in [2.75, 3.05) is 0 Å².